The summed E-state index contributed by atoms with van der Waals surface area (Å²) < 4.78 is 0. The van der Waals surface area contributed by atoms with Crippen LogP contribution in [0.4, 0.5) is 11.4 Å². The van der Waals surface area contributed by atoms with E-state index in [1.165, 1.54) is 0 Å². The highest BCUT2D eigenvalue weighted by atomic mass is 35.5. The predicted octanol–water partition coefficient (Wildman–Crippen LogP) is 5.09. The van der Waals surface area contributed by atoms with Crippen molar-refractivity contribution in [1.29, 1.82) is 0 Å². The highest BCUT2D eigenvalue weighted by molar-refractivity contribution is 6.30. The minimum absolute atomic E-state index is 0.680. The normalized spacial score (nSPS) is 10.7. The van der Waals surface area contributed by atoms with E-state index in [4.69, 9.17) is 11.6 Å². The Hall–Kier alpha value is -2.98. The van der Waals surface area contributed by atoms with E-state index in [0.717, 1.165) is 28.0 Å². The third-order valence-corrected chi connectivity index (χ3v) is 3.90. The van der Waals surface area contributed by atoms with Gasteiger partial charge in [-0.1, -0.05) is 23.7 Å². The molecule has 0 saturated heterocycles. The third kappa shape index (κ3) is 2.92. The van der Waals surface area contributed by atoms with E-state index in [9.17, 15) is 0 Å². The Morgan fingerprint density at radius 2 is 1.75 bits per heavy atom. The van der Waals surface area contributed by atoms with Crippen LogP contribution in [0, 0.1) is 0 Å². The molecule has 0 fully saturated rings. The van der Waals surface area contributed by atoms with Crippen LogP contribution in [0.1, 0.15) is 0 Å². The van der Waals surface area contributed by atoms with Crippen molar-refractivity contribution >= 4 is 34.0 Å². The van der Waals surface area contributed by atoms with E-state index >= 15 is 0 Å². The summed E-state index contributed by atoms with van der Waals surface area (Å²) in [5.74, 6) is 0. The Balaban J connectivity index is 1.88. The molecule has 0 amide bonds. The number of hydrogen-bond acceptors (Lipinski definition) is 4. The molecule has 3 heterocycles. The smallest absolute Gasteiger partial charge is 0.161 e. The molecular weight excluding hydrogens is 320 g/mol. The van der Waals surface area contributed by atoms with Crippen molar-refractivity contribution < 1.29 is 0 Å². The largest absolute Gasteiger partial charge is 0.355 e. The number of aromatic nitrogens is 3. The number of benzene rings is 1. The minimum Gasteiger partial charge on any atom is -0.355 e. The first-order valence-electron chi connectivity index (χ1n) is 7.48. The molecule has 0 aliphatic heterocycles. The molecule has 24 heavy (non-hydrogen) atoms. The fourth-order valence-corrected chi connectivity index (χ4v) is 2.74. The third-order valence-electron chi connectivity index (χ3n) is 3.66. The number of pyridine rings is 3. The number of fused-ring (bicyclic) bond motifs is 1. The second-order valence-corrected chi connectivity index (χ2v) is 5.74. The van der Waals surface area contributed by atoms with Gasteiger partial charge in [0.25, 0.3) is 0 Å². The predicted molar refractivity (Wildman–Crippen MR) is 97.5 cm³/mol. The number of halogens is 1. The van der Waals surface area contributed by atoms with Crippen LogP contribution in [0.3, 0.4) is 0 Å². The number of anilines is 2. The fourth-order valence-electron chi connectivity index (χ4n) is 2.55. The Bertz CT molecular complexity index is 1000. The van der Waals surface area contributed by atoms with Gasteiger partial charge in [-0.05, 0) is 42.5 Å². The lowest BCUT2D eigenvalue weighted by molar-refractivity contribution is 1.28. The van der Waals surface area contributed by atoms with Crippen molar-refractivity contribution in [3.63, 3.8) is 0 Å². The molecule has 3 aromatic heterocycles. The average molecular weight is 333 g/mol. The quantitative estimate of drug-likeness (QED) is 0.567. The molecule has 0 aliphatic carbocycles. The standard InChI is InChI=1S/C19H13ClN4/c20-14-4-1-3-13(11-14)17-12-18(23-15-6-9-21-10-7-15)16-5-2-8-22-19(16)24-17/h1-12H,(H,21,22,23,24). The fraction of sp³-hybridized carbons (Fsp3) is 0. The molecule has 4 rings (SSSR count). The van der Waals surface area contributed by atoms with Gasteiger partial charge >= 0.3 is 0 Å². The molecule has 5 heteroatoms. The van der Waals surface area contributed by atoms with Crippen molar-refractivity contribution in [2.24, 2.45) is 0 Å². The molecule has 1 aromatic carbocycles. The molecule has 0 bridgehead atoms. The highest BCUT2D eigenvalue weighted by Crippen LogP contribution is 2.30. The maximum atomic E-state index is 6.12. The second-order valence-electron chi connectivity index (χ2n) is 5.30. The van der Waals surface area contributed by atoms with Crippen LogP contribution in [0.2, 0.25) is 5.02 Å². The van der Waals surface area contributed by atoms with E-state index in [1.807, 2.05) is 54.6 Å². The SMILES string of the molecule is Clc1cccc(-c2cc(Nc3ccncc3)c3cccnc3n2)c1. The molecule has 0 unspecified atom stereocenters. The summed E-state index contributed by atoms with van der Waals surface area (Å²) in [4.78, 5) is 13.1. The maximum Gasteiger partial charge on any atom is 0.161 e. The summed E-state index contributed by atoms with van der Waals surface area (Å²) in [5.41, 5.74) is 4.35. The van der Waals surface area contributed by atoms with Gasteiger partial charge in [0.1, 0.15) is 0 Å². The second kappa shape index (κ2) is 6.26. The van der Waals surface area contributed by atoms with Crippen LogP contribution in [-0.2, 0) is 0 Å². The summed E-state index contributed by atoms with van der Waals surface area (Å²) in [6.45, 7) is 0. The zero-order valence-corrected chi connectivity index (χ0v) is 13.4. The van der Waals surface area contributed by atoms with Crippen LogP contribution >= 0.6 is 11.6 Å². The van der Waals surface area contributed by atoms with E-state index in [-0.39, 0.29) is 0 Å². The Kier molecular flexibility index (Phi) is 3.81. The topological polar surface area (TPSA) is 50.7 Å². The minimum atomic E-state index is 0.680. The van der Waals surface area contributed by atoms with Gasteiger partial charge in [-0.15, -0.1) is 0 Å². The van der Waals surface area contributed by atoms with Gasteiger partial charge in [0.05, 0.1) is 11.4 Å². The van der Waals surface area contributed by atoms with E-state index in [2.05, 4.69) is 20.3 Å². The summed E-state index contributed by atoms with van der Waals surface area (Å²) in [6, 6.07) is 17.4. The molecule has 116 valence electrons. The lowest BCUT2D eigenvalue weighted by atomic mass is 10.1. The lowest BCUT2D eigenvalue weighted by Crippen LogP contribution is -1.96. The van der Waals surface area contributed by atoms with Crippen molar-refractivity contribution in [1.82, 2.24) is 15.0 Å². The van der Waals surface area contributed by atoms with Gasteiger partial charge in [0, 0.05) is 40.3 Å². The number of rotatable bonds is 3. The molecule has 0 spiro atoms. The molecule has 1 N–H and O–H groups in total. The Morgan fingerprint density at radius 3 is 2.58 bits per heavy atom. The summed E-state index contributed by atoms with van der Waals surface area (Å²) in [7, 11) is 0. The first kappa shape index (κ1) is 14.6. The van der Waals surface area contributed by atoms with Crippen molar-refractivity contribution in [2.45, 2.75) is 0 Å². The maximum absolute atomic E-state index is 6.12. The van der Waals surface area contributed by atoms with Gasteiger partial charge in [-0.3, -0.25) is 4.98 Å². The van der Waals surface area contributed by atoms with Gasteiger partial charge in [-0.2, -0.15) is 0 Å². The molecule has 0 atom stereocenters. The van der Waals surface area contributed by atoms with Crippen molar-refractivity contribution in [3.05, 3.63) is 78.2 Å². The first-order chi connectivity index (χ1) is 11.8. The van der Waals surface area contributed by atoms with Crippen LogP contribution in [0.25, 0.3) is 22.3 Å². The molecule has 4 aromatic rings. The summed E-state index contributed by atoms with van der Waals surface area (Å²) in [5, 5.41) is 5.06. The summed E-state index contributed by atoms with van der Waals surface area (Å²) >= 11 is 6.12. The Labute approximate surface area is 144 Å². The number of nitrogens with zero attached hydrogens (tertiary/aromatic N) is 3. The van der Waals surface area contributed by atoms with E-state index in [0.29, 0.717) is 10.7 Å². The van der Waals surface area contributed by atoms with Gasteiger partial charge in [0.2, 0.25) is 0 Å². The van der Waals surface area contributed by atoms with Crippen LogP contribution < -0.4 is 5.32 Å². The summed E-state index contributed by atoms with van der Waals surface area (Å²) in [6.07, 6.45) is 5.25. The zero-order valence-electron chi connectivity index (χ0n) is 12.6. The zero-order chi connectivity index (χ0) is 16.4. The van der Waals surface area contributed by atoms with Crippen LogP contribution in [0.5, 0.6) is 0 Å². The van der Waals surface area contributed by atoms with E-state index < -0.39 is 0 Å². The molecule has 0 aliphatic rings. The first-order valence-corrected chi connectivity index (χ1v) is 7.86. The molecular formula is C19H13ClN4. The van der Waals surface area contributed by atoms with Crippen LogP contribution in [0.15, 0.2) is 73.2 Å². The van der Waals surface area contributed by atoms with Crippen molar-refractivity contribution in [3.8, 4) is 11.3 Å². The number of nitrogens with one attached hydrogen (secondary N) is 1. The molecule has 0 radical (unpaired) electrons. The number of hydrogen-bond donors (Lipinski definition) is 1. The lowest BCUT2D eigenvalue weighted by Gasteiger charge is -2.11. The molecule has 4 nitrogen and oxygen atoms in total. The van der Waals surface area contributed by atoms with Gasteiger partial charge < -0.3 is 5.32 Å². The van der Waals surface area contributed by atoms with Gasteiger partial charge in [-0.25, -0.2) is 9.97 Å². The molecule has 0 saturated carbocycles. The van der Waals surface area contributed by atoms with Crippen molar-refractivity contribution in [2.75, 3.05) is 5.32 Å². The van der Waals surface area contributed by atoms with Gasteiger partial charge in [0.15, 0.2) is 5.65 Å². The average Bonchev–Trinajstić information content (AvgIpc) is 2.62. The highest BCUT2D eigenvalue weighted by Gasteiger charge is 2.09. The monoisotopic (exact) mass is 332 g/mol. The van der Waals surface area contributed by atoms with E-state index in [1.54, 1.807) is 18.6 Å². The Morgan fingerprint density at radius 1 is 0.875 bits per heavy atom. The van der Waals surface area contributed by atoms with Crippen LogP contribution in [-0.4, -0.2) is 15.0 Å².